The van der Waals surface area contributed by atoms with Crippen molar-refractivity contribution < 1.29 is 22.7 Å². The summed E-state index contributed by atoms with van der Waals surface area (Å²) in [6.07, 6.45) is 0. The molecular formula is C18H23N3O5S. The summed E-state index contributed by atoms with van der Waals surface area (Å²) in [5.74, 6) is -0.983. The Morgan fingerprint density at radius 1 is 1.19 bits per heavy atom. The van der Waals surface area contributed by atoms with Crippen molar-refractivity contribution in [1.82, 2.24) is 9.71 Å². The molecule has 1 amide bonds. The van der Waals surface area contributed by atoms with Crippen molar-refractivity contribution in [2.75, 3.05) is 19.0 Å². The topological polar surface area (TPSA) is 117 Å². The highest BCUT2D eigenvalue weighted by Crippen LogP contribution is 2.23. The van der Waals surface area contributed by atoms with E-state index in [9.17, 15) is 18.0 Å². The number of hydrogen-bond donors (Lipinski definition) is 3. The number of carbonyl (C=O) groups is 2. The summed E-state index contributed by atoms with van der Waals surface area (Å²) < 4.78 is 31.4. The molecule has 0 saturated carbocycles. The highest BCUT2D eigenvalue weighted by molar-refractivity contribution is 7.89. The number of aromatic nitrogens is 1. The Bertz CT molecular complexity index is 993. The Morgan fingerprint density at radius 2 is 1.85 bits per heavy atom. The second kappa shape index (κ2) is 7.93. The Kier molecular flexibility index (Phi) is 6.07. The molecule has 2 rings (SSSR count). The largest absolute Gasteiger partial charge is 0.462 e. The molecule has 9 heteroatoms. The SMILES string of the molecule is CCOC(=O)c1c(C)[nH]c(C(=O)Nc2ccc(C)c(S(=O)(=O)NC)c2)c1C. The summed E-state index contributed by atoms with van der Waals surface area (Å²) in [6, 6.07) is 4.60. The normalized spacial score (nSPS) is 11.3. The highest BCUT2D eigenvalue weighted by atomic mass is 32.2. The van der Waals surface area contributed by atoms with Gasteiger partial charge in [0.25, 0.3) is 5.91 Å². The average molecular weight is 393 g/mol. The molecule has 1 heterocycles. The third kappa shape index (κ3) is 4.20. The maximum absolute atomic E-state index is 12.6. The lowest BCUT2D eigenvalue weighted by Crippen LogP contribution is -2.20. The van der Waals surface area contributed by atoms with Crippen molar-refractivity contribution in [2.24, 2.45) is 0 Å². The van der Waals surface area contributed by atoms with Gasteiger partial charge in [0.15, 0.2) is 0 Å². The number of anilines is 1. The van der Waals surface area contributed by atoms with Gasteiger partial charge in [-0.2, -0.15) is 0 Å². The van der Waals surface area contributed by atoms with Gasteiger partial charge in [-0.3, -0.25) is 4.79 Å². The first-order valence-electron chi connectivity index (χ1n) is 8.34. The van der Waals surface area contributed by atoms with Crippen LogP contribution in [0.2, 0.25) is 0 Å². The van der Waals surface area contributed by atoms with E-state index in [0.717, 1.165) is 0 Å². The maximum atomic E-state index is 12.6. The van der Waals surface area contributed by atoms with Gasteiger partial charge < -0.3 is 15.0 Å². The van der Waals surface area contributed by atoms with Gasteiger partial charge in [0.05, 0.1) is 17.1 Å². The molecule has 0 aliphatic carbocycles. The van der Waals surface area contributed by atoms with Gasteiger partial charge in [-0.1, -0.05) is 6.07 Å². The molecule has 0 saturated heterocycles. The molecule has 1 aromatic carbocycles. The molecular weight excluding hydrogens is 370 g/mol. The van der Waals surface area contributed by atoms with E-state index in [1.165, 1.54) is 13.1 Å². The summed E-state index contributed by atoms with van der Waals surface area (Å²) in [5.41, 5.74) is 2.42. The van der Waals surface area contributed by atoms with Crippen LogP contribution in [0.4, 0.5) is 5.69 Å². The number of nitrogens with one attached hydrogen (secondary N) is 3. The van der Waals surface area contributed by atoms with E-state index in [2.05, 4.69) is 15.0 Å². The van der Waals surface area contributed by atoms with E-state index >= 15 is 0 Å². The van der Waals surface area contributed by atoms with E-state index < -0.39 is 21.9 Å². The van der Waals surface area contributed by atoms with Gasteiger partial charge in [0, 0.05) is 11.4 Å². The number of aryl methyl sites for hydroxylation is 2. The molecule has 1 aromatic heterocycles. The molecule has 0 atom stereocenters. The summed E-state index contributed by atoms with van der Waals surface area (Å²) in [6.45, 7) is 6.93. The Labute approximate surface area is 158 Å². The minimum Gasteiger partial charge on any atom is -0.462 e. The Hall–Kier alpha value is -2.65. The van der Waals surface area contributed by atoms with Crippen molar-refractivity contribution in [3.8, 4) is 0 Å². The fourth-order valence-electron chi connectivity index (χ4n) is 2.76. The molecule has 0 fully saturated rings. The summed E-state index contributed by atoms with van der Waals surface area (Å²) in [7, 11) is -2.33. The van der Waals surface area contributed by atoms with E-state index in [4.69, 9.17) is 4.74 Å². The van der Waals surface area contributed by atoms with Crippen LogP contribution in [0.25, 0.3) is 0 Å². The number of H-pyrrole nitrogens is 1. The second-order valence-electron chi connectivity index (χ2n) is 5.99. The van der Waals surface area contributed by atoms with E-state index in [-0.39, 0.29) is 17.2 Å². The van der Waals surface area contributed by atoms with Crippen molar-refractivity contribution >= 4 is 27.6 Å². The minimum absolute atomic E-state index is 0.0781. The zero-order valence-corrected chi connectivity index (χ0v) is 16.7. The van der Waals surface area contributed by atoms with Crippen LogP contribution in [0.3, 0.4) is 0 Å². The number of rotatable bonds is 6. The molecule has 3 N–H and O–H groups in total. The molecule has 146 valence electrons. The molecule has 0 radical (unpaired) electrons. The first-order valence-corrected chi connectivity index (χ1v) is 9.82. The molecule has 0 unspecified atom stereocenters. The van der Waals surface area contributed by atoms with Crippen LogP contribution in [0.1, 0.15) is 44.6 Å². The van der Waals surface area contributed by atoms with Gasteiger partial charge in [0.1, 0.15) is 5.69 Å². The van der Waals surface area contributed by atoms with Crippen LogP contribution < -0.4 is 10.0 Å². The quantitative estimate of drug-likeness (QED) is 0.651. The van der Waals surface area contributed by atoms with Crippen LogP contribution in [0.5, 0.6) is 0 Å². The molecule has 0 aliphatic rings. The van der Waals surface area contributed by atoms with Crippen molar-refractivity contribution in [3.63, 3.8) is 0 Å². The molecule has 0 aliphatic heterocycles. The smallest absolute Gasteiger partial charge is 0.340 e. The standard InChI is InChI=1S/C18H23N3O5S/c1-6-26-18(23)15-11(3)16(20-12(15)4)17(22)21-13-8-7-10(2)14(9-13)27(24,25)19-5/h7-9,19-20H,6H2,1-5H3,(H,21,22). The van der Waals surface area contributed by atoms with Crippen molar-refractivity contribution in [3.05, 3.63) is 46.3 Å². The third-order valence-electron chi connectivity index (χ3n) is 4.15. The molecule has 8 nitrogen and oxygen atoms in total. The van der Waals surface area contributed by atoms with Gasteiger partial charge in [0.2, 0.25) is 10.0 Å². The minimum atomic E-state index is -3.65. The maximum Gasteiger partial charge on any atom is 0.340 e. The molecule has 27 heavy (non-hydrogen) atoms. The van der Waals surface area contributed by atoms with E-state index in [1.54, 1.807) is 39.8 Å². The van der Waals surface area contributed by atoms with Crippen LogP contribution in [0, 0.1) is 20.8 Å². The summed E-state index contributed by atoms with van der Waals surface area (Å²) in [4.78, 5) is 27.7. The number of carbonyl (C=O) groups excluding carboxylic acids is 2. The summed E-state index contributed by atoms with van der Waals surface area (Å²) >= 11 is 0. The first-order chi connectivity index (χ1) is 12.6. The highest BCUT2D eigenvalue weighted by Gasteiger charge is 2.23. The lowest BCUT2D eigenvalue weighted by Gasteiger charge is -2.10. The zero-order valence-electron chi connectivity index (χ0n) is 15.9. The van der Waals surface area contributed by atoms with Crippen LogP contribution >= 0.6 is 0 Å². The van der Waals surface area contributed by atoms with E-state index in [0.29, 0.717) is 28.1 Å². The number of amides is 1. The zero-order chi connectivity index (χ0) is 20.4. The molecule has 2 aromatic rings. The Morgan fingerprint density at radius 3 is 2.44 bits per heavy atom. The fourth-order valence-corrected chi connectivity index (χ4v) is 3.75. The third-order valence-corrected chi connectivity index (χ3v) is 5.70. The van der Waals surface area contributed by atoms with Gasteiger partial charge in [-0.15, -0.1) is 0 Å². The number of aromatic amines is 1. The molecule has 0 bridgehead atoms. The predicted molar refractivity (Wildman–Crippen MR) is 102 cm³/mol. The fraction of sp³-hybridized carbons (Fsp3) is 0.333. The Balaban J connectivity index is 2.35. The van der Waals surface area contributed by atoms with Crippen molar-refractivity contribution in [1.29, 1.82) is 0 Å². The van der Waals surface area contributed by atoms with Crippen LogP contribution in [0.15, 0.2) is 23.1 Å². The monoisotopic (exact) mass is 393 g/mol. The molecule has 0 spiro atoms. The van der Waals surface area contributed by atoms with Crippen molar-refractivity contribution in [2.45, 2.75) is 32.6 Å². The number of esters is 1. The number of ether oxygens (including phenoxy) is 1. The average Bonchev–Trinajstić information content (AvgIpc) is 2.91. The lowest BCUT2D eigenvalue weighted by molar-refractivity contribution is 0.0525. The van der Waals surface area contributed by atoms with Gasteiger partial charge >= 0.3 is 5.97 Å². The predicted octanol–water partition coefficient (Wildman–Crippen LogP) is 2.28. The van der Waals surface area contributed by atoms with E-state index in [1.807, 2.05) is 0 Å². The number of benzene rings is 1. The number of sulfonamides is 1. The summed E-state index contributed by atoms with van der Waals surface area (Å²) in [5, 5.41) is 2.66. The first kappa shape index (κ1) is 20.7. The van der Waals surface area contributed by atoms with Gasteiger partial charge in [-0.05, 0) is 58.0 Å². The second-order valence-corrected chi connectivity index (χ2v) is 7.84. The van der Waals surface area contributed by atoms with Gasteiger partial charge in [-0.25, -0.2) is 17.9 Å². The lowest BCUT2D eigenvalue weighted by atomic mass is 10.1. The number of hydrogen-bond acceptors (Lipinski definition) is 5. The van der Waals surface area contributed by atoms with Crippen LogP contribution in [-0.4, -0.2) is 38.9 Å². The van der Waals surface area contributed by atoms with Crippen LogP contribution in [-0.2, 0) is 14.8 Å².